The average Bonchev–Trinajstić information content (AvgIpc) is 3.21. The van der Waals surface area contributed by atoms with Crippen LogP contribution in [0.4, 0.5) is 0 Å². The average molecular weight is 363 g/mol. The monoisotopic (exact) mass is 363 g/mol. The molecular formula is C22H21NO4. The third kappa shape index (κ3) is 4.64. The first kappa shape index (κ1) is 18.5. The van der Waals surface area contributed by atoms with Gasteiger partial charge in [0.2, 0.25) is 5.76 Å². The van der Waals surface area contributed by atoms with Gasteiger partial charge in [-0.3, -0.25) is 4.79 Å². The van der Waals surface area contributed by atoms with Gasteiger partial charge in [-0.1, -0.05) is 60.7 Å². The Balaban J connectivity index is 1.62. The van der Waals surface area contributed by atoms with E-state index >= 15 is 0 Å². The Bertz CT molecular complexity index is 887. The van der Waals surface area contributed by atoms with E-state index in [1.807, 2.05) is 67.6 Å². The molecule has 0 aliphatic rings. The Morgan fingerprint density at radius 2 is 1.63 bits per heavy atom. The molecule has 0 saturated carbocycles. The first-order chi connectivity index (χ1) is 13.2. The van der Waals surface area contributed by atoms with Gasteiger partial charge in [-0.2, -0.15) is 0 Å². The van der Waals surface area contributed by atoms with Crippen molar-refractivity contribution < 1.29 is 18.7 Å². The molecule has 0 saturated heterocycles. The molecule has 3 aromatic rings. The van der Waals surface area contributed by atoms with Crippen LogP contribution in [0.1, 0.15) is 23.0 Å². The van der Waals surface area contributed by atoms with Crippen LogP contribution in [0.5, 0.6) is 0 Å². The van der Waals surface area contributed by atoms with E-state index in [1.54, 1.807) is 11.0 Å². The third-order valence-electron chi connectivity index (χ3n) is 4.21. The minimum atomic E-state index is -0.650. The van der Waals surface area contributed by atoms with Gasteiger partial charge in [0.1, 0.15) is 0 Å². The number of furan rings is 1. The van der Waals surface area contributed by atoms with Crippen LogP contribution in [0.25, 0.3) is 11.1 Å². The Labute approximate surface area is 158 Å². The fraction of sp³-hybridized carbons (Fsp3) is 0.182. The molecular weight excluding hydrogens is 342 g/mol. The lowest BCUT2D eigenvalue weighted by molar-refractivity contribution is -0.135. The molecule has 5 nitrogen and oxygen atoms in total. The fourth-order valence-corrected chi connectivity index (χ4v) is 2.78. The van der Waals surface area contributed by atoms with Crippen LogP contribution >= 0.6 is 0 Å². The molecule has 0 bridgehead atoms. The first-order valence-electron chi connectivity index (χ1n) is 8.80. The standard InChI is InChI=1S/C22H21NO4/c1-2-23(15-17-9-5-3-6-10-17)20(24)16-27-22(25)21-19(13-14-26-21)18-11-7-4-8-12-18/h3-14H,2,15-16H2,1H3. The third-order valence-corrected chi connectivity index (χ3v) is 4.21. The number of hydrogen-bond acceptors (Lipinski definition) is 4. The number of hydrogen-bond donors (Lipinski definition) is 0. The topological polar surface area (TPSA) is 59.8 Å². The van der Waals surface area contributed by atoms with Crippen molar-refractivity contribution in [1.29, 1.82) is 0 Å². The van der Waals surface area contributed by atoms with Gasteiger partial charge in [0.15, 0.2) is 6.61 Å². The Kier molecular flexibility index (Phi) is 6.05. The van der Waals surface area contributed by atoms with E-state index in [4.69, 9.17) is 9.15 Å². The molecule has 0 atom stereocenters. The normalized spacial score (nSPS) is 10.4. The summed E-state index contributed by atoms with van der Waals surface area (Å²) >= 11 is 0. The van der Waals surface area contributed by atoms with E-state index in [2.05, 4.69) is 0 Å². The number of carbonyl (C=O) groups is 2. The maximum atomic E-state index is 12.4. The van der Waals surface area contributed by atoms with Crippen LogP contribution in [0.3, 0.4) is 0 Å². The molecule has 1 heterocycles. The summed E-state index contributed by atoms with van der Waals surface area (Å²) in [5, 5.41) is 0. The van der Waals surface area contributed by atoms with Crippen molar-refractivity contribution >= 4 is 11.9 Å². The molecule has 0 aliphatic carbocycles. The van der Waals surface area contributed by atoms with Crippen LogP contribution < -0.4 is 0 Å². The number of rotatable bonds is 7. The summed E-state index contributed by atoms with van der Waals surface area (Å²) in [7, 11) is 0. The van der Waals surface area contributed by atoms with Gasteiger partial charge in [0.25, 0.3) is 5.91 Å². The highest BCUT2D eigenvalue weighted by Crippen LogP contribution is 2.25. The van der Waals surface area contributed by atoms with Crippen LogP contribution in [0.15, 0.2) is 77.4 Å². The highest BCUT2D eigenvalue weighted by Gasteiger charge is 2.21. The molecule has 0 unspecified atom stereocenters. The number of likely N-dealkylation sites (N-methyl/N-ethyl adjacent to an activating group) is 1. The number of amides is 1. The number of esters is 1. The second-order valence-corrected chi connectivity index (χ2v) is 6.00. The van der Waals surface area contributed by atoms with Crippen molar-refractivity contribution in [1.82, 2.24) is 4.90 Å². The predicted molar refractivity (Wildman–Crippen MR) is 102 cm³/mol. The fourth-order valence-electron chi connectivity index (χ4n) is 2.78. The van der Waals surface area contributed by atoms with E-state index in [0.29, 0.717) is 18.7 Å². The molecule has 1 amide bonds. The number of benzene rings is 2. The van der Waals surface area contributed by atoms with Crippen molar-refractivity contribution in [3.8, 4) is 11.1 Å². The quantitative estimate of drug-likeness (QED) is 0.592. The van der Waals surface area contributed by atoms with E-state index in [-0.39, 0.29) is 18.3 Å². The summed E-state index contributed by atoms with van der Waals surface area (Å²) in [6.07, 6.45) is 1.44. The van der Waals surface area contributed by atoms with E-state index < -0.39 is 5.97 Å². The van der Waals surface area contributed by atoms with Crippen LogP contribution in [0, 0.1) is 0 Å². The minimum Gasteiger partial charge on any atom is -0.457 e. The Morgan fingerprint density at radius 1 is 0.963 bits per heavy atom. The van der Waals surface area contributed by atoms with Crippen LogP contribution in [0.2, 0.25) is 0 Å². The second kappa shape index (κ2) is 8.85. The van der Waals surface area contributed by atoms with Gasteiger partial charge < -0.3 is 14.1 Å². The van der Waals surface area contributed by atoms with Gasteiger partial charge in [0.05, 0.1) is 6.26 Å². The van der Waals surface area contributed by atoms with Crippen LogP contribution in [-0.2, 0) is 16.1 Å². The summed E-state index contributed by atoms with van der Waals surface area (Å²) in [6.45, 7) is 2.57. The van der Waals surface area contributed by atoms with Crippen molar-refractivity contribution in [2.75, 3.05) is 13.2 Å². The van der Waals surface area contributed by atoms with Gasteiger partial charge >= 0.3 is 5.97 Å². The zero-order chi connectivity index (χ0) is 19.1. The summed E-state index contributed by atoms with van der Waals surface area (Å²) in [5.41, 5.74) is 2.52. The molecule has 0 spiro atoms. The Morgan fingerprint density at radius 3 is 2.30 bits per heavy atom. The molecule has 3 rings (SSSR count). The minimum absolute atomic E-state index is 0.0973. The molecule has 0 aliphatic heterocycles. The summed E-state index contributed by atoms with van der Waals surface area (Å²) in [4.78, 5) is 26.5. The van der Waals surface area contributed by atoms with Crippen LogP contribution in [-0.4, -0.2) is 29.9 Å². The lowest BCUT2D eigenvalue weighted by Gasteiger charge is -2.20. The van der Waals surface area contributed by atoms with E-state index in [9.17, 15) is 9.59 Å². The first-order valence-corrected chi connectivity index (χ1v) is 8.80. The van der Waals surface area contributed by atoms with E-state index in [1.165, 1.54) is 6.26 Å². The molecule has 5 heteroatoms. The molecule has 0 radical (unpaired) electrons. The van der Waals surface area contributed by atoms with E-state index in [0.717, 1.165) is 11.1 Å². The Hall–Kier alpha value is -3.34. The summed E-state index contributed by atoms with van der Waals surface area (Å²) in [5.74, 6) is -0.800. The molecule has 1 aromatic heterocycles. The maximum absolute atomic E-state index is 12.4. The maximum Gasteiger partial charge on any atom is 0.375 e. The lowest BCUT2D eigenvalue weighted by Crippen LogP contribution is -2.34. The number of carbonyl (C=O) groups excluding carboxylic acids is 2. The summed E-state index contributed by atoms with van der Waals surface area (Å²) in [6, 6.07) is 20.8. The van der Waals surface area contributed by atoms with Gasteiger partial charge in [-0.25, -0.2) is 4.79 Å². The molecule has 138 valence electrons. The molecule has 2 aromatic carbocycles. The summed E-state index contributed by atoms with van der Waals surface area (Å²) < 4.78 is 10.5. The number of ether oxygens (including phenoxy) is 1. The highest BCUT2D eigenvalue weighted by atomic mass is 16.5. The molecule has 27 heavy (non-hydrogen) atoms. The van der Waals surface area contributed by atoms with Crippen molar-refractivity contribution in [2.45, 2.75) is 13.5 Å². The highest BCUT2D eigenvalue weighted by molar-refractivity contribution is 5.95. The number of nitrogens with zero attached hydrogens (tertiary/aromatic N) is 1. The second-order valence-electron chi connectivity index (χ2n) is 6.00. The zero-order valence-corrected chi connectivity index (χ0v) is 15.1. The van der Waals surface area contributed by atoms with Crippen molar-refractivity contribution in [3.63, 3.8) is 0 Å². The predicted octanol–water partition coefficient (Wildman–Crippen LogP) is 4.15. The zero-order valence-electron chi connectivity index (χ0n) is 15.1. The smallest absolute Gasteiger partial charge is 0.375 e. The SMILES string of the molecule is CCN(Cc1ccccc1)C(=O)COC(=O)c1occc1-c1ccccc1. The van der Waals surface area contributed by atoms with Gasteiger partial charge in [0, 0.05) is 18.7 Å². The molecule has 0 fully saturated rings. The van der Waals surface area contributed by atoms with Gasteiger partial charge in [-0.05, 0) is 24.1 Å². The van der Waals surface area contributed by atoms with Crippen molar-refractivity contribution in [2.24, 2.45) is 0 Å². The van der Waals surface area contributed by atoms with Gasteiger partial charge in [-0.15, -0.1) is 0 Å². The largest absolute Gasteiger partial charge is 0.457 e. The molecule has 0 N–H and O–H groups in total. The van der Waals surface area contributed by atoms with Crippen molar-refractivity contribution in [3.05, 3.63) is 84.3 Å². The lowest BCUT2D eigenvalue weighted by atomic mass is 10.1.